The first-order valence-corrected chi connectivity index (χ1v) is 5.62. The van der Waals surface area contributed by atoms with Crippen LogP contribution < -0.4 is 0 Å². The Kier molecular flexibility index (Phi) is 2.17. The second-order valence-electron chi connectivity index (χ2n) is 5.44. The normalized spacial score (nSPS) is 30.5. The molecule has 0 unspecified atom stereocenters. The first kappa shape index (κ1) is 9.76. The van der Waals surface area contributed by atoms with E-state index in [1.54, 1.807) is 0 Å². The van der Waals surface area contributed by atoms with Gasteiger partial charge in [0.25, 0.3) is 0 Å². The van der Waals surface area contributed by atoms with Gasteiger partial charge in [-0.3, -0.25) is 0 Å². The van der Waals surface area contributed by atoms with Crippen LogP contribution in [0.3, 0.4) is 0 Å². The Morgan fingerprint density at radius 3 is 2.07 bits per heavy atom. The average molecular weight is 188 g/mol. The maximum Gasteiger partial charge on any atom is -0.00242 e. The van der Waals surface area contributed by atoms with Crippen LogP contribution in [0.1, 0.15) is 45.6 Å². The molecule has 0 saturated heterocycles. The summed E-state index contributed by atoms with van der Waals surface area (Å²) >= 11 is 0. The number of benzene rings is 1. The molecule has 14 heavy (non-hydrogen) atoms. The fourth-order valence-corrected chi connectivity index (χ4v) is 2.84. The Morgan fingerprint density at radius 2 is 1.57 bits per heavy atom. The van der Waals surface area contributed by atoms with Gasteiger partial charge in [-0.05, 0) is 29.2 Å². The molecule has 1 atom stereocenters. The molecule has 0 aromatic heterocycles. The fraction of sp³-hybridized carbons (Fsp3) is 0.571. The summed E-state index contributed by atoms with van der Waals surface area (Å²) in [6, 6.07) is 11.0. The standard InChI is InChI=1S/C14H20/c1-13(2)10-7-11-14(13,3)12-8-5-4-6-9-12/h4-6,8-9H,7,10-11H2,1-3H3/t14-/m1/s1. The zero-order chi connectivity index (χ0) is 10.2. The van der Waals surface area contributed by atoms with Crippen LogP contribution in [-0.4, -0.2) is 0 Å². The molecule has 1 aromatic carbocycles. The number of hydrogen-bond acceptors (Lipinski definition) is 0. The van der Waals surface area contributed by atoms with E-state index in [-0.39, 0.29) is 0 Å². The predicted molar refractivity (Wildman–Crippen MR) is 61.4 cm³/mol. The van der Waals surface area contributed by atoms with Crippen molar-refractivity contribution in [2.24, 2.45) is 5.41 Å². The van der Waals surface area contributed by atoms with Crippen molar-refractivity contribution in [3.05, 3.63) is 35.9 Å². The van der Waals surface area contributed by atoms with E-state index >= 15 is 0 Å². The molecule has 0 spiro atoms. The lowest BCUT2D eigenvalue weighted by Crippen LogP contribution is -2.33. The van der Waals surface area contributed by atoms with Gasteiger partial charge < -0.3 is 0 Å². The van der Waals surface area contributed by atoms with Crippen LogP contribution in [0.25, 0.3) is 0 Å². The lowest BCUT2D eigenvalue weighted by molar-refractivity contribution is 0.225. The van der Waals surface area contributed by atoms with Crippen LogP contribution >= 0.6 is 0 Å². The molecule has 1 aliphatic rings. The van der Waals surface area contributed by atoms with Crippen LogP contribution in [0.2, 0.25) is 0 Å². The highest BCUT2D eigenvalue weighted by molar-refractivity contribution is 5.28. The molecule has 1 aromatic rings. The van der Waals surface area contributed by atoms with Gasteiger partial charge in [-0.25, -0.2) is 0 Å². The van der Waals surface area contributed by atoms with E-state index in [1.165, 1.54) is 24.8 Å². The van der Waals surface area contributed by atoms with Crippen LogP contribution in [-0.2, 0) is 5.41 Å². The average Bonchev–Trinajstić information content (AvgIpc) is 2.44. The Labute approximate surface area is 87.3 Å². The molecule has 0 aliphatic heterocycles. The van der Waals surface area contributed by atoms with Crippen molar-refractivity contribution in [3.63, 3.8) is 0 Å². The quantitative estimate of drug-likeness (QED) is 0.621. The highest BCUT2D eigenvalue weighted by atomic mass is 14.5. The van der Waals surface area contributed by atoms with Gasteiger partial charge in [0.1, 0.15) is 0 Å². The minimum Gasteiger partial charge on any atom is -0.0622 e. The highest BCUT2D eigenvalue weighted by Crippen LogP contribution is 2.53. The van der Waals surface area contributed by atoms with E-state index in [0.29, 0.717) is 10.8 Å². The van der Waals surface area contributed by atoms with E-state index in [1.807, 2.05) is 0 Å². The van der Waals surface area contributed by atoms with Gasteiger partial charge in [-0.2, -0.15) is 0 Å². The van der Waals surface area contributed by atoms with Crippen molar-refractivity contribution < 1.29 is 0 Å². The first-order chi connectivity index (χ1) is 6.56. The molecule has 0 nitrogen and oxygen atoms in total. The molecule has 0 heterocycles. The molecule has 0 amide bonds. The van der Waals surface area contributed by atoms with Gasteiger partial charge in [-0.1, -0.05) is 57.5 Å². The SMILES string of the molecule is CC1(C)CCC[C@]1(C)c1ccccc1. The third-order valence-electron chi connectivity index (χ3n) is 4.38. The van der Waals surface area contributed by atoms with Crippen molar-refractivity contribution in [2.75, 3.05) is 0 Å². The molecule has 0 bridgehead atoms. The van der Waals surface area contributed by atoms with Gasteiger partial charge in [0.05, 0.1) is 0 Å². The molecule has 76 valence electrons. The topological polar surface area (TPSA) is 0 Å². The van der Waals surface area contributed by atoms with Gasteiger partial charge in [-0.15, -0.1) is 0 Å². The minimum atomic E-state index is 0.383. The van der Waals surface area contributed by atoms with Crippen molar-refractivity contribution in [1.29, 1.82) is 0 Å². The zero-order valence-electron chi connectivity index (χ0n) is 9.51. The Bertz CT molecular complexity index is 310. The third-order valence-corrected chi connectivity index (χ3v) is 4.38. The van der Waals surface area contributed by atoms with Crippen LogP contribution in [0.5, 0.6) is 0 Å². The van der Waals surface area contributed by atoms with Crippen molar-refractivity contribution >= 4 is 0 Å². The Hall–Kier alpha value is -0.780. The Morgan fingerprint density at radius 1 is 0.929 bits per heavy atom. The summed E-state index contributed by atoms with van der Waals surface area (Å²) in [4.78, 5) is 0. The van der Waals surface area contributed by atoms with Gasteiger partial charge >= 0.3 is 0 Å². The molecule has 0 N–H and O–H groups in total. The minimum absolute atomic E-state index is 0.383. The number of hydrogen-bond donors (Lipinski definition) is 0. The fourth-order valence-electron chi connectivity index (χ4n) is 2.84. The molecular formula is C14H20. The molecule has 0 heteroatoms. The largest absolute Gasteiger partial charge is 0.0622 e. The van der Waals surface area contributed by atoms with Crippen LogP contribution in [0.15, 0.2) is 30.3 Å². The van der Waals surface area contributed by atoms with Crippen molar-refractivity contribution in [1.82, 2.24) is 0 Å². The number of rotatable bonds is 1. The Balaban J connectivity index is 2.42. The summed E-state index contributed by atoms with van der Waals surface area (Å²) in [6.45, 7) is 7.25. The van der Waals surface area contributed by atoms with E-state index in [4.69, 9.17) is 0 Å². The summed E-state index contributed by atoms with van der Waals surface area (Å²) in [5.74, 6) is 0. The van der Waals surface area contributed by atoms with E-state index in [2.05, 4.69) is 51.1 Å². The highest BCUT2D eigenvalue weighted by Gasteiger charge is 2.45. The lowest BCUT2D eigenvalue weighted by Gasteiger charge is -2.39. The van der Waals surface area contributed by atoms with Gasteiger partial charge in [0.15, 0.2) is 0 Å². The summed E-state index contributed by atoms with van der Waals surface area (Å²) in [7, 11) is 0. The third kappa shape index (κ3) is 1.28. The molecule has 1 fully saturated rings. The lowest BCUT2D eigenvalue weighted by atomic mass is 9.65. The second-order valence-corrected chi connectivity index (χ2v) is 5.44. The molecule has 1 aliphatic carbocycles. The summed E-state index contributed by atoms with van der Waals surface area (Å²) in [5.41, 5.74) is 2.35. The predicted octanol–water partition coefficient (Wildman–Crippen LogP) is 4.15. The summed E-state index contributed by atoms with van der Waals surface area (Å²) in [6.07, 6.45) is 4.07. The van der Waals surface area contributed by atoms with Gasteiger partial charge in [0, 0.05) is 0 Å². The smallest absolute Gasteiger partial charge is 0.00242 e. The van der Waals surface area contributed by atoms with Crippen LogP contribution in [0.4, 0.5) is 0 Å². The monoisotopic (exact) mass is 188 g/mol. The summed E-state index contributed by atoms with van der Waals surface area (Å²) < 4.78 is 0. The zero-order valence-corrected chi connectivity index (χ0v) is 9.51. The van der Waals surface area contributed by atoms with E-state index in [9.17, 15) is 0 Å². The van der Waals surface area contributed by atoms with E-state index < -0.39 is 0 Å². The first-order valence-electron chi connectivity index (χ1n) is 5.62. The summed E-state index contributed by atoms with van der Waals surface area (Å²) in [5, 5.41) is 0. The molecular weight excluding hydrogens is 168 g/mol. The second kappa shape index (κ2) is 3.12. The maximum absolute atomic E-state index is 2.43. The van der Waals surface area contributed by atoms with Crippen molar-refractivity contribution in [2.45, 2.75) is 45.4 Å². The molecule has 1 saturated carbocycles. The van der Waals surface area contributed by atoms with Gasteiger partial charge in [0.2, 0.25) is 0 Å². The molecule has 0 radical (unpaired) electrons. The molecule has 2 rings (SSSR count). The van der Waals surface area contributed by atoms with E-state index in [0.717, 1.165) is 0 Å². The van der Waals surface area contributed by atoms with Crippen LogP contribution in [0, 0.1) is 5.41 Å². The van der Waals surface area contributed by atoms with Crippen molar-refractivity contribution in [3.8, 4) is 0 Å². The maximum atomic E-state index is 2.43.